The zero-order chi connectivity index (χ0) is 12.2. The van der Waals surface area contributed by atoms with Crippen LogP contribution < -0.4 is 0 Å². The first-order valence-electron chi connectivity index (χ1n) is 6.91. The summed E-state index contributed by atoms with van der Waals surface area (Å²) in [6.45, 7) is 8.66. The van der Waals surface area contributed by atoms with Crippen molar-refractivity contribution < 1.29 is 9.53 Å². The van der Waals surface area contributed by atoms with Crippen LogP contribution in [-0.4, -0.2) is 12.1 Å². The molecule has 0 spiro atoms. The van der Waals surface area contributed by atoms with E-state index in [1.807, 2.05) is 6.92 Å². The summed E-state index contributed by atoms with van der Waals surface area (Å²) in [5.41, 5.74) is 1.66. The van der Waals surface area contributed by atoms with E-state index >= 15 is 0 Å². The summed E-state index contributed by atoms with van der Waals surface area (Å²) in [5, 5.41) is 0. The fourth-order valence-electron chi connectivity index (χ4n) is 4.45. The number of ether oxygens (including phenoxy) is 1. The highest BCUT2D eigenvalue weighted by Crippen LogP contribution is 2.57. The Morgan fingerprint density at radius 1 is 1.41 bits per heavy atom. The van der Waals surface area contributed by atoms with Gasteiger partial charge in [0, 0.05) is 11.8 Å². The van der Waals surface area contributed by atoms with Crippen molar-refractivity contribution >= 4 is 5.97 Å². The molecule has 0 aromatic rings. The standard InChI is InChI=1S/C15H22O2/c1-9-5-4-7-15(3)8-6-11-10(2)14(16)17-13(11)12(9)15/h10-13H,1,4-8H2,2-3H3/t10-,11+,12-,13+,15-/m1/s1. The second kappa shape index (κ2) is 3.60. The van der Waals surface area contributed by atoms with Crippen LogP contribution in [-0.2, 0) is 9.53 Å². The molecular weight excluding hydrogens is 212 g/mol. The minimum absolute atomic E-state index is 0.0163. The minimum Gasteiger partial charge on any atom is -0.461 e. The van der Waals surface area contributed by atoms with E-state index in [1.54, 1.807) is 0 Å². The predicted octanol–water partition coefficient (Wildman–Crippen LogP) is 3.32. The molecule has 1 heterocycles. The van der Waals surface area contributed by atoms with Gasteiger partial charge in [0.25, 0.3) is 0 Å². The molecule has 2 saturated carbocycles. The van der Waals surface area contributed by atoms with E-state index in [1.165, 1.54) is 24.8 Å². The molecular formula is C15H22O2. The van der Waals surface area contributed by atoms with Gasteiger partial charge in [-0.15, -0.1) is 0 Å². The lowest BCUT2D eigenvalue weighted by Gasteiger charge is -2.50. The predicted molar refractivity (Wildman–Crippen MR) is 66.4 cm³/mol. The van der Waals surface area contributed by atoms with E-state index in [0.29, 0.717) is 17.3 Å². The molecule has 3 aliphatic rings. The van der Waals surface area contributed by atoms with Gasteiger partial charge >= 0.3 is 5.97 Å². The Kier molecular flexibility index (Phi) is 2.39. The van der Waals surface area contributed by atoms with Gasteiger partial charge in [-0.25, -0.2) is 0 Å². The molecule has 2 nitrogen and oxygen atoms in total. The number of hydrogen-bond acceptors (Lipinski definition) is 2. The van der Waals surface area contributed by atoms with Crippen molar-refractivity contribution in [2.45, 2.75) is 52.1 Å². The minimum atomic E-state index is 0.0163. The zero-order valence-electron chi connectivity index (χ0n) is 10.9. The highest BCUT2D eigenvalue weighted by atomic mass is 16.6. The Morgan fingerprint density at radius 2 is 2.18 bits per heavy atom. The molecule has 0 aromatic heterocycles. The summed E-state index contributed by atoms with van der Waals surface area (Å²) in [7, 11) is 0. The molecule has 17 heavy (non-hydrogen) atoms. The van der Waals surface area contributed by atoms with E-state index < -0.39 is 0 Å². The Labute approximate surface area is 103 Å². The Bertz CT molecular complexity index is 373. The topological polar surface area (TPSA) is 26.3 Å². The van der Waals surface area contributed by atoms with E-state index in [4.69, 9.17) is 4.74 Å². The Morgan fingerprint density at radius 3 is 2.94 bits per heavy atom. The Hall–Kier alpha value is -0.790. The van der Waals surface area contributed by atoms with Gasteiger partial charge < -0.3 is 4.74 Å². The van der Waals surface area contributed by atoms with Gasteiger partial charge in [-0.05, 0) is 37.5 Å². The van der Waals surface area contributed by atoms with Gasteiger partial charge in [-0.3, -0.25) is 4.79 Å². The molecule has 5 atom stereocenters. The van der Waals surface area contributed by atoms with Gasteiger partial charge in [0.1, 0.15) is 6.10 Å². The summed E-state index contributed by atoms with van der Waals surface area (Å²) in [4.78, 5) is 11.8. The maximum atomic E-state index is 11.8. The summed E-state index contributed by atoms with van der Waals surface area (Å²) < 4.78 is 5.68. The van der Waals surface area contributed by atoms with Crippen LogP contribution in [0.2, 0.25) is 0 Å². The third-order valence-corrected chi connectivity index (χ3v) is 5.50. The summed E-state index contributed by atoms with van der Waals surface area (Å²) in [5.74, 6) is 0.973. The van der Waals surface area contributed by atoms with Crippen LogP contribution >= 0.6 is 0 Å². The molecule has 1 aliphatic heterocycles. The number of hydrogen-bond donors (Lipinski definition) is 0. The number of fused-ring (bicyclic) bond motifs is 3. The fraction of sp³-hybridized carbons (Fsp3) is 0.800. The number of carbonyl (C=O) groups excluding carboxylic acids is 1. The van der Waals surface area contributed by atoms with E-state index in [9.17, 15) is 4.79 Å². The molecule has 0 amide bonds. The van der Waals surface area contributed by atoms with Crippen LogP contribution in [0, 0.1) is 23.2 Å². The van der Waals surface area contributed by atoms with Gasteiger partial charge in [-0.1, -0.05) is 26.0 Å². The van der Waals surface area contributed by atoms with Crippen molar-refractivity contribution in [3.05, 3.63) is 12.2 Å². The lowest BCUT2D eigenvalue weighted by molar-refractivity contribution is -0.148. The second-order valence-corrected chi connectivity index (χ2v) is 6.54. The molecule has 2 aliphatic carbocycles. The first-order chi connectivity index (χ1) is 8.03. The van der Waals surface area contributed by atoms with Crippen LogP contribution in [0.15, 0.2) is 12.2 Å². The summed E-state index contributed by atoms with van der Waals surface area (Å²) >= 11 is 0. The van der Waals surface area contributed by atoms with Gasteiger partial charge in [-0.2, -0.15) is 0 Å². The molecule has 0 bridgehead atoms. The molecule has 94 valence electrons. The van der Waals surface area contributed by atoms with Gasteiger partial charge in [0.05, 0.1) is 5.92 Å². The van der Waals surface area contributed by atoms with Crippen LogP contribution in [0.25, 0.3) is 0 Å². The van der Waals surface area contributed by atoms with Crippen LogP contribution in [0.5, 0.6) is 0 Å². The molecule has 2 heteroatoms. The normalized spacial score (nSPS) is 49.5. The number of carbonyl (C=O) groups is 1. The summed E-state index contributed by atoms with van der Waals surface area (Å²) in [6, 6.07) is 0. The van der Waals surface area contributed by atoms with Crippen LogP contribution in [0.4, 0.5) is 0 Å². The van der Waals surface area contributed by atoms with E-state index in [2.05, 4.69) is 13.5 Å². The van der Waals surface area contributed by atoms with Crippen molar-refractivity contribution in [3.63, 3.8) is 0 Å². The maximum absolute atomic E-state index is 11.8. The van der Waals surface area contributed by atoms with Crippen molar-refractivity contribution in [2.24, 2.45) is 23.2 Å². The van der Waals surface area contributed by atoms with Crippen LogP contribution in [0.3, 0.4) is 0 Å². The maximum Gasteiger partial charge on any atom is 0.309 e. The average molecular weight is 234 g/mol. The van der Waals surface area contributed by atoms with Crippen LogP contribution in [0.1, 0.15) is 46.0 Å². The molecule has 0 radical (unpaired) electrons. The highest BCUT2D eigenvalue weighted by molar-refractivity contribution is 5.75. The largest absolute Gasteiger partial charge is 0.461 e. The summed E-state index contributed by atoms with van der Waals surface area (Å²) in [6.07, 6.45) is 6.16. The molecule has 3 rings (SSSR count). The van der Waals surface area contributed by atoms with E-state index in [-0.39, 0.29) is 18.0 Å². The Balaban J connectivity index is 1.95. The molecule has 0 unspecified atom stereocenters. The average Bonchev–Trinajstić information content (AvgIpc) is 2.54. The quantitative estimate of drug-likeness (QED) is 0.475. The smallest absolute Gasteiger partial charge is 0.309 e. The SMILES string of the molecule is C=C1CCC[C@]2(C)CC[C@@H]3[C@H](OC(=O)[C@@H]3C)[C@@H]12. The number of rotatable bonds is 0. The molecule has 0 N–H and O–H groups in total. The highest BCUT2D eigenvalue weighted by Gasteiger charge is 2.55. The fourth-order valence-corrected chi connectivity index (χ4v) is 4.45. The molecule has 3 fully saturated rings. The number of esters is 1. The lowest BCUT2D eigenvalue weighted by Crippen LogP contribution is -2.47. The zero-order valence-corrected chi connectivity index (χ0v) is 10.9. The molecule has 0 aromatic carbocycles. The third-order valence-electron chi connectivity index (χ3n) is 5.50. The van der Waals surface area contributed by atoms with Crippen molar-refractivity contribution in [2.75, 3.05) is 0 Å². The van der Waals surface area contributed by atoms with E-state index in [0.717, 1.165) is 12.8 Å². The second-order valence-electron chi connectivity index (χ2n) is 6.54. The van der Waals surface area contributed by atoms with Gasteiger partial charge in [0.2, 0.25) is 0 Å². The lowest BCUT2D eigenvalue weighted by atomic mass is 9.55. The third kappa shape index (κ3) is 1.49. The van der Waals surface area contributed by atoms with Crippen molar-refractivity contribution in [1.29, 1.82) is 0 Å². The monoisotopic (exact) mass is 234 g/mol. The van der Waals surface area contributed by atoms with Gasteiger partial charge in [0.15, 0.2) is 0 Å². The van der Waals surface area contributed by atoms with Crippen molar-refractivity contribution in [3.8, 4) is 0 Å². The first kappa shape index (κ1) is 11.3. The first-order valence-corrected chi connectivity index (χ1v) is 6.91. The molecule has 1 saturated heterocycles. The van der Waals surface area contributed by atoms with Crippen molar-refractivity contribution in [1.82, 2.24) is 0 Å².